The third kappa shape index (κ3) is 3.32. The van der Waals surface area contributed by atoms with E-state index in [4.69, 9.17) is 4.74 Å². The molecule has 1 atom stereocenters. The predicted molar refractivity (Wildman–Crippen MR) is 60.2 cm³/mol. The molecule has 1 N–H and O–H groups in total. The molecule has 3 nitrogen and oxygen atoms in total. The molecule has 1 aliphatic rings. The van der Waals surface area contributed by atoms with Crippen LogP contribution in [0.15, 0.2) is 29.2 Å². The topological polar surface area (TPSA) is 38.3 Å². The van der Waals surface area contributed by atoms with Gasteiger partial charge in [-0.1, -0.05) is 18.2 Å². The van der Waals surface area contributed by atoms with Gasteiger partial charge in [-0.25, -0.2) is 4.79 Å². The monoisotopic (exact) mass is 277 g/mol. The number of ether oxygens (including phenoxy) is 1. The Balaban J connectivity index is 2.24. The van der Waals surface area contributed by atoms with E-state index in [1.165, 1.54) is 6.07 Å². The van der Waals surface area contributed by atoms with Crippen molar-refractivity contribution in [3.05, 3.63) is 29.8 Å². The van der Waals surface area contributed by atoms with E-state index < -0.39 is 17.6 Å². The molecule has 0 bridgehead atoms. The summed E-state index contributed by atoms with van der Waals surface area (Å²) in [5.41, 5.74) is -3.87. The number of thioether (sulfide) groups is 1. The van der Waals surface area contributed by atoms with Crippen molar-refractivity contribution in [3.8, 4) is 0 Å². The first-order valence-corrected chi connectivity index (χ1v) is 6.05. The van der Waals surface area contributed by atoms with Crippen LogP contribution in [0.3, 0.4) is 0 Å². The Hall–Kier alpha value is -1.37. The first-order chi connectivity index (χ1) is 8.46. The molecule has 1 fully saturated rings. The van der Waals surface area contributed by atoms with Crippen LogP contribution in [0, 0.1) is 0 Å². The standard InChI is InChI=1S/C11H10F3NO2S/c12-11(13,14)18-9-4-2-1-3-7(9)8-5-6-17-10(16)15-8/h1-4,8H,5-6H2,(H,15,16)/t8-/m1/s1. The summed E-state index contributed by atoms with van der Waals surface area (Å²) < 4.78 is 41.9. The maximum Gasteiger partial charge on any atom is 0.446 e. The number of halogens is 3. The van der Waals surface area contributed by atoms with Crippen molar-refractivity contribution < 1.29 is 22.7 Å². The minimum absolute atomic E-state index is 0.109. The number of hydrogen-bond donors (Lipinski definition) is 1. The maximum absolute atomic E-state index is 12.4. The molecule has 7 heteroatoms. The molecule has 98 valence electrons. The average molecular weight is 277 g/mol. The minimum atomic E-state index is -4.34. The SMILES string of the molecule is O=C1N[C@@H](c2ccccc2SC(F)(F)F)CCO1. The second-order valence-electron chi connectivity index (χ2n) is 3.71. The molecule has 2 rings (SSSR count). The quantitative estimate of drug-likeness (QED) is 0.841. The Morgan fingerprint density at radius 1 is 1.33 bits per heavy atom. The van der Waals surface area contributed by atoms with E-state index in [1.807, 2.05) is 0 Å². The highest BCUT2D eigenvalue weighted by atomic mass is 32.2. The second kappa shape index (κ2) is 5.09. The molecule has 1 aliphatic heterocycles. The van der Waals surface area contributed by atoms with Gasteiger partial charge in [0.05, 0.1) is 12.6 Å². The summed E-state index contributed by atoms with van der Waals surface area (Å²) >= 11 is -0.170. The lowest BCUT2D eigenvalue weighted by atomic mass is 10.0. The van der Waals surface area contributed by atoms with Gasteiger partial charge in [-0.2, -0.15) is 13.2 Å². The largest absolute Gasteiger partial charge is 0.449 e. The van der Waals surface area contributed by atoms with E-state index in [2.05, 4.69) is 5.32 Å². The van der Waals surface area contributed by atoms with Gasteiger partial charge in [0.25, 0.3) is 0 Å². The predicted octanol–water partition coefficient (Wildman–Crippen LogP) is 3.47. The molecule has 0 radical (unpaired) electrons. The molecule has 1 amide bonds. The zero-order valence-corrected chi connectivity index (χ0v) is 9.98. The van der Waals surface area contributed by atoms with Gasteiger partial charge in [-0.3, -0.25) is 0 Å². The smallest absolute Gasteiger partial charge is 0.446 e. The van der Waals surface area contributed by atoms with E-state index in [0.29, 0.717) is 12.0 Å². The summed E-state index contributed by atoms with van der Waals surface area (Å²) in [6.07, 6.45) is -0.140. The minimum Gasteiger partial charge on any atom is -0.449 e. The van der Waals surface area contributed by atoms with Crippen LogP contribution < -0.4 is 5.32 Å². The third-order valence-electron chi connectivity index (χ3n) is 2.45. The number of nitrogens with one attached hydrogen (secondary N) is 1. The van der Waals surface area contributed by atoms with Gasteiger partial charge in [0, 0.05) is 11.3 Å². The molecule has 18 heavy (non-hydrogen) atoms. The summed E-state index contributed by atoms with van der Waals surface area (Å²) in [7, 11) is 0. The van der Waals surface area contributed by atoms with E-state index >= 15 is 0 Å². The number of carbonyl (C=O) groups is 1. The zero-order chi connectivity index (χ0) is 13.2. The van der Waals surface area contributed by atoms with Crippen LogP contribution in [-0.4, -0.2) is 18.2 Å². The normalized spacial score (nSPS) is 20.2. The van der Waals surface area contributed by atoms with Crippen molar-refractivity contribution in [3.63, 3.8) is 0 Å². The van der Waals surface area contributed by atoms with Gasteiger partial charge in [0.15, 0.2) is 0 Å². The molecule has 0 aromatic heterocycles. The molecular weight excluding hydrogens is 267 g/mol. The molecule has 0 spiro atoms. The summed E-state index contributed by atoms with van der Waals surface area (Å²) in [5, 5.41) is 2.52. The van der Waals surface area contributed by atoms with Gasteiger partial charge in [-0.05, 0) is 23.4 Å². The highest BCUT2D eigenvalue weighted by molar-refractivity contribution is 8.00. The van der Waals surface area contributed by atoms with Gasteiger partial charge < -0.3 is 10.1 Å². The Morgan fingerprint density at radius 2 is 2.06 bits per heavy atom. The molecule has 1 aromatic rings. The van der Waals surface area contributed by atoms with E-state index in [-0.39, 0.29) is 23.3 Å². The molecule has 1 aromatic carbocycles. The number of hydrogen-bond acceptors (Lipinski definition) is 3. The molecular formula is C11H10F3NO2S. The van der Waals surface area contributed by atoms with E-state index in [1.54, 1.807) is 18.2 Å². The van der Waals surface area contributed by atoms with Gasteiger partial charge in [-0.15, -0.1) is 0 Å². The zero-order valence-electron chi connectivity index (χ0n) is 9.16. The van der Waals surface area contributed by atoms with Crippen LogP contribution in [0.25, 0.3) is 0 Å². The average Bonchev–Trinajstić information content (AvgIpc) is 2.27. The van der Waals surface area contributed by atoms with Crippen LogP contribution in [0.5, 0.6) is 0 Å². The molecule has 0 unspecified atom stereocenters. The van der Waals surface area contributed by atoms with Gasteiger partial charge in [0.2, 0.25) is 0 Å². The molecule has 0 aliphatic carbocycles. The van der Waals surface area contributed by atoms with Crippen LogP contribution in [0.4, 0.5) is 18.0 Å². The number of benzene rings is 1. The molecule has 0 saturated carbocycles. The Kier molecular flexibility index (Phi) is 3.70. The fraction of sp³-hybridized carbons (Fsp3) is 0.364. The number of alkyl halides is 3. The summed E-state index contributed by atoms with van der Waals surface area (Å²) in [4.78, 5) is 11.2. The van der Waals surface area contributed by atoms with Crippen molar-refractivity contribution in [2.24, 2.45) is 0 Å². The second-order valence-corrected chi connectivity index (χ2v) is 4.81. The Labute approximate surface area is 106 Å². The Bertz CT molecular complexity index is 450. The maximum atomic E-state index is 12.4. The number of cyclic esters (lactones) is 1. The van der Waals surface area contributed by atoms with Crippen LogP contribution >= 0.6 is 11.8 Å². The lowest BCUT2D eigenvalue weighted by Gasteiger charge is -2.25. The Morgan fingerprint density at radius 3 is 2.72 bits per heavy atom. The van der Waals surface area contributed by atoms with Crippen molar-refractivity contribution in [2.75, 3.05) is 6.61 Å². The fourth-order valence-corrected chi connectivity index (χ4v) is 2.47. The van der Waals surface area contributed by atoms with Crippen LogP contribution in [0.2, 0.25) is 0 Å². The van der Waals surface area contributed by atoms with Crippen molar-refractivity contribution in [1.82, 2.24) is 5.32 Å². The highest BCUT2D eigenvalue weighted by Crippen LogP contribution is 2.40. The van der Waals surface area contributed by atoms with Crippen LogP contribution in [-0.2, 0) is 4.74 Å². The van der Waals surface area contributed by atoms with Crippen LogP contribution in [0.1, 0.15) is 18.0 Å². The lowest BCUT2D eigenvalue weighted by molar-refractivity contribution is -0.0328. The summed E-state index contributed by atoms with van der Waals surface area (Å²) in [6, 6.07) is 5.74. The number of amides is 1. The molecule has 1 saturated heterocycles. The fourth-order valence-electron chi connectivity index (χ4n) is 1.74. The van der Waals surface area contributed by atoms with Gasteiger partial charge >= 0.3 is 11.6 Å². The van der Waals surface area contributed by atoms with Crippen molar-refractivity contribution >= 4 is 17.9 Å². The number of alkyl carbamates (subject to hydrolysis) is 1. The summed E-state index contributed by atoms with van der Waals surface area (Å²) in [5.74, 6) is 0. The van der Waals surface area contributed by atoms with Crippen molar-refractivity contribution in [1.29, 1.82) is 0 Å². The first kappa shape index (κ1) is 13.1. The highest BCUT2D eigenvalue weighted by Gasteiger charge is 2.32. The van der Waals surface area contributed by atoms with Crippen molar-refractivity contribution in [2.45, 2.75) is 22.9 Å². The van der Waals surface area contributed by atoms with Gasteiger partial charge in [0.1, 0.15) is 0 Å². The summed E-state index contributed by atoms with van der Waals surface area (Å²) in [6.45, 7) is 0.210. The molecule has 1 heterocycles. The van der Waals surface area contributed by atoms with E-state index in [0.717, 1.165) is 0 Å². The first-order valence-electron chi connectivity index (χ1n) is 5.24. The third-order valence-corrected chi connectivity index (χ3v) is 3.28. The lowest BCUT2D eigenvalue weighted by Crippen LogP contribution is -2.35. The number of carbonyl (C=O) groups excluding carboxylic acids is 1. The number of rotatable bonds is 2. The van der Waals surface area contributed by atoms with E-state index in [9.17, 15) is 18.0 Å².